The summed E-state index contributed by atoms with van der Waals surface area (Å²) < 4.78 is 38.5. The molecule has 8 heteroatoms. The number of hydrogen-bond acceptors (Lipinski definition) is 4. The van der Waals surface area contributed by atoms with Gasteiger partial charge >= 0.3 is 6.18 Å². The average molecular weight is 476 g/mol. The number of thiophene rings is 1. The molecule has 2 N–H and O–H groups in total. The summed E-state index contributed by atoms with van der Waals surface area (Å²) in [6, 6.07) is 5.45. The van der Waals surface area contributed by atoms with Gasteiger partial charge in [-0.1, -0.05) is 12.1 Å². The molecular formula is C25H30F3N4S+. The Labute approximate surface area is 196 Å². The third-order valence-corrected chi connectivity index (χ3v) is 8.00. The number of alkyl halides is 3. The number of fused-ring (bicyclic) bond motifs is 3. The maximum absolute atomic E-state index is 12.8. The molecule has 2 aromatic heterocycles. The highest BCUT2D eigenvalue weighted by Gasteiger charge is 2.30. The predicted octanol–water partition coefficient (Wildman–Crippen LogP) is 4.81. The minimum absolute atomic E-state index is 0.605. The fraction of sp³-hybridized carbons (Fsp3) is 0.520. The highest BCUT2D eigenvalue weighted by atomic mass is 32.1. The molecular weight excluding hydrogens is 445 g/mol. The summed E-state index contributed by atoms with van der Waals surface area (Å²) in [6.45, 7) is 3.84. The maximum atomic E-state index is 12.8. The average Bonchev–Trinajstić information content (AvgIpc) is 3.18. The van der Waals surface area contributed by atoms with E-state index in [9.17, 15) is 13.2 Å². The largest absolute Gasteiger partial charge is 0.416 e. The van der Waals surface area contributed by atoms with Crippen LogP contribution in [0.4, 0.5) is 19.0 Å². The lowest BCUT2D eigenvalue weighted by atomic mass is 9.97. The third-order valence-electron chi connectivity index (χ3n) is 6.82. The lowest BCUT2D eigenvalue weighted by Crippen LogP contribution is -3.11. The van der Waals surface area contributed by atoms with Crippen LogP contribution in [0.2, 0.25) is 0 Å². The van der Waals surface area contributed by atoms with Crippen molar-refractivity contribution in [3.63, 3.8) is 0 Å². The molecule has 0 saturated carbocycles. The second-order valence-electron chi connectivity index (χ2n) is 9.24. The Balaban J connectivity index is 1.36. The van der Waals surface area contributed by atoms with E-state index in [0.29, 0.717) is 13.0 Å². The Hall–Kier alpha value is -2.19. The Morgan fingerprint density at radius 1 is 0.939 bits per heavy atom. The van der Waals surface area contributed by atoms with E-state index < -0.39 is 11.7 Å². The van der Waals surface area contributed by atoms with Gasteiger partial charge in [0.1, 0.15) is 17.2 Å². The van der Waals surface area contributed by atoms with Crippen molar-refractivity contribution in [1.29, 1.82) is 0 Å². The monoisotopic (exact) mass is 475 g/mol. The van der Waals surface area contributed by atoms with E-state index in [2.05, 4.69) is 5.32 Å². The molecule has 1 aromatic carbocycles. The third kappa shape index (κ3) is 5.17. The van der Waals surface area contributed by atoms with Crippen molar-refractivity contribution in [3.8, 4) is 0 Å². The highest BCUT2D eigenvalue weighted by molar-refractivity contribution is 7.19. The van der Waals surface area contributed by atoms with Crippen molar-refractivity contribution < 1.29 is 18.1 Å². The van der Waals surface area contributed by atoms with Gasteiger partial charge in [0.05, 0.1) is 24.0 Å². The molecule has 3 aromatic rings. The number of rotatable bonds is 6. The van der Waals surface area contributed by atoms with E-state index in [0.717, 1.165) is 53.6 Å². The topological polar surface area (TPSA) is 42.2 Å². The standard InChI is InChI=1S/C25H29F3N4S/c26-25(27,28)18-10-8-17(9-11-18)12-13-29-23-22-19-6-2-3-7-20(19)33-24(22)31-21(30-23)16-32-14-4-1-5-15-32/h8-11H,1-7,12-16H2,(H,29,30,31)/p+1. The van der Waals surface area contributed by atoms with Crippen LogP contribution in [0.3, 0.4) is 0 Å². The van der Waals surface area contributed by atoms with Crippen molar-refractivity contribution in [2.24, 2.45) is 0 Å². The van der Waals surface area contributed by atoms with Gasteiger partial charge in [0.25, 0.3) is 0 Å². The van der Waals surface area contributed by atoms with Crippen molar-refractivity contribution >= 4 is 27.4 Å². The van der Waals surface area contributed by atoms with E-state index in [1.54, 1.807) is 17.0 Å². The Kier molecular flexibility index (Phi) is 6.56. The van der Waals surface area contributed by atoms with Crippen molar-refractivity contribution in [2.75, 3.05) is 25.0 Å². The van der Waals surface area contributed by atoms with Crippen LogP contribution in [0.1, 0.15) is 59.5 Å². The van der Waals surface area contributed by atoms with E-state index in [1.807, 2.05) is 11.3 Å². The van der Waals surface area contributed by atoms with Gasteiger partial charge in [-0.2, -0.15) is 13.2 Å². The quantitative estimate of drug-likeness (QED) is 0.538. The molecule has 1 aliphatic carbocycles. The van der Waals surface area contributed by atoms with Crippen LogP contribution in [0.25, 0.3) is 10.2 Å². The zero-order chi connectivity index (χ0) is 22.8. The maximum Gasteiger partial charge on any atom is 0.416 e. The molecule has 0 radical (unpaired) electrons. The molecule has 176 valence electrons. The summed E-state index contributed by atoms with van der Waals surface area (Å²) in [7, 11) is 0. The smallest absolute Gasteiger partial charge is 0.369 e. The number of aromatic nitrogens is 2. The Morgan fingerprint density at radius 3 is 2.45 bits per heavy atom. The number of nitrogens with one attached hydrogen (secondary N) is 2. The molecule has 0 bridgehead atoms. The Morgan fingerprint density at radius 2 is 1.70 bits per heavy atom. The zero-order valence-corrected chi connectivity index (χ0v) is 19.5. The van der Waals surface area contributed by atoms with Gasteiger partial charge in [-0.25, -0.2) is 9.97 Å². The molecule has 1 aliphatic heterocycles. The van der Waals surface area contributed by atoms with Crippen LogP contribution >= 0.6 is 11.3 Å². The van der Waals surface area contributed by atoms with Gasteiger partial charge in [-0.3, -0.25) is 0 Å². The number of aryl methyl sites for hydroxylation is 2. The molecule has 4 nitrogen and oxygen atoms in total. The van der Waals surface area contributed by atoms with Crippen molar-refractivity contribution in [2.45, 2.75) is 64.1 Å². The first kappa shape index (κ1) is 22.6. The van der Waals surface area contributed by atoms with Gasteiger partial charge in [0, 0.05) is 11.4 Å². The number of nitrogens with zero attached hydrogens (tertiary/aromatic N) is 2. The van der Waals surface area contributed by atoms with Crippen molar-refractivity contribution in [3.05, 3.63) is 51.7 Å². The lowest BCUT2D eigenvalue weighted by Gasteiger charge is -2.23. The minimum Gasteiger partial charge on any atom is -0.369 e. The first-order chi connectivity index (χ1) is 16.0. The molecule has 3 heterocycles. The first-order valence-electron chi connectivity index (χ1n) is 12.0. The first-order valence-corrected chi connectivity index (χ1v) is 12.8. The summed E-state index contributed by atoms with van der Waals surface area (Å²) in [5, 5.41) is 4.69. The van der Waals surface area contributed by atoms with Crippen LogP contribution in [0, 0.1) is 0 Å². The van der Waals surface area contributed by atoms with E-state index >= 15 is 0 Å². The predicted molar refractivity (Wildman–Crippen MR) is 126 cm³/mol. The molecule has 33 heavy (non-hydrogen) atoms. The normalized spacial score (nSPS) is 17.3. The number of benzene rings is 1. The summed E-state index contributed by atoms with van der Waals surface area (Å²) in [4.78, 5) is 14.0. The van der Waals surface area contributed by atoms with Gasteiger partial charge < -0.3 is 10.2 Å². The second-order valence-corrected chi connectivity index (χ2v) is 10.3. The SMILES string of the molecule is FC(F)(F)c1ccc(CCNc2nc(C[NH+]3CCCCC3)nc3sc4c(c23)CCCC4)cc1. The summed E-state index contributed by atoms with van der Waals surface area (Å²) in [6.07, 6.45) is 4.82. The van der Waals surface area contributed by atoms with Crippen LogP contribution in [-0.2, 0) is 32.0 Å². The Bertz CT molecular complexity index is 1100. The van der Waals surface area contributed by atoms with E-state index in [1.165, 1.54) is 61.0 Å². The van der Waals surface area contributed by atoms with Gasteiger partial charge in [-0.05, 0) is 74.6 Å². The van der Waals surface area contributed by atoms with Gasteiger partial charge in [0.2, 0.25) is 0 Å². The number of likely N-dealkylation sites (tertiary alicyclic amines) is 1. The lowest BCUT2D eigenvalue weighted by molar-refractivity contribution is -0.919. The molecule has 2 aliphatic rings. The number of piperidine rings is 1. The summed E-state index contributed by atoms with van der Waals surface area (Å²) in [5.74, 6) is 1.80. The molecule has 1 fully saturated rings. The van der Waals surface area contributed by atoms with Crippen LogP contribution in [-0.4, -0.2) is 29.6 Å². The summed E-state index contributed by atoms with van der Waals surface area (Å²) >= 11 is 1.82. The fourth-order valence-electron chi connectivity index (χ4n) is 5.05. The van der Waals surface area contributed by atoms with Crippen LogP contribution in [0.15, 0.2) is 24.3 Å². The molecule has 5 rings (SSSR count). The molecule has 0 unspecified atom stereocenters. The van der Waals surface area contributed by atoms with Gasteiger partial charge in [-0.15, -0.1) is 11.3 Å². The molecule has 1 saturated heterocycles. The second kappa shape index (κ2) is 9.58. The van der Waals surface area contributed by atoms with Crippen LogP contribution < -0.4 is 10.2 Å². The fourth-order valence-corrected chi connectivity index (χ4v) is 6.33. The highest BCUT2D eigenvalue weighted by Crippen LogP contribution is 2.38. The van der Waals surface area contributed by atoms with E-state index in [-0.39, 0.29) is 0 Å². The molecule has 0 amide bonds. The molecule has 0 spiro atoms. The van der Waals surface area contributed by atoms with Gasteiger partial charge in [0.15, 0.2) is 5.82 Å². The number of quaternary nitrogens is 1. The molecule has 0 atom stereocenters. The summed E-state index contributed by atoms with van der Waals surface area (Å²) in [5.41, 5.74) is 1.67. The number of hydrogen-bond donors (Lipinski definition) is 2. The van der Waals surface area contributed by atoms with Crippen LogP contribution in [0.5, 0.6) is 0 Å². The van der Waals surface area contributed by atoms with Crippen molar-refractivity contribution in [1.82, 2.24) is 9.97 Å². The zero-order valence-electron chi connectivity index (χ0n) is 18.7. The minimum atomic E-state index is -4.30. The number of halogens is 3. The van der Waals surface area contributed by atoms with E-state index in [4.69, 9.17) is 9.97 Å². The number of anilines is 1.